The van der Waals surface area contributed by atoms with Crippen LogP contribution in [0.2, 0.25) is 0 Å². The van der Waals surface area contributed by atoms with Gasteiger partial charge in [0, 0.05) is 25.7 Å². The van der Waals surface area contributed by atoms with Crippen LogP contribution in [0.4, 0.5) is 0 Å². The van der Waals surface area contributed by atoms with E-state index in [2.05, 4.69) is 58.5 Å². The molecule has 1 aliphatic rings. The molecule has 1 fully saturated rings. The van der Waals surface area contributed by atoms with Crippen molar-refractivity contribution in [3.63, 3.8) is 0 Å². The minimum atomic E-state index is -1.99. The molecule has 524 valence electrons. The van der Waals surface area contributed by atoms with Crippen molar-refractivity contribution in [2.45, 2.75) is 178 Å². The van der Waals surface area contributed by atoms with E-state index in [1.165, 1.54) is 31.2 Å². The Balaban J connectivity index is 1.85. The summed E-state index contributed by atoms with van der Waals surface area (Å²) in [4.78, 5) is 197. The van der Waals surface area contributed by atoms with E-state index >= 15 is 0 Å². The SMILES string of the molecule is CC(C)[C@H](NC(=O)[C@@H]1CCCN1)C(=O)N[C@H](C(=O)N[C@@H](C)C(=O)N[C@@H](CCC(=O)O)C(=O)N[C@@H](Cc1ccccc1)C(=O)N[C@@H](Cc1ccc(O)cc1)C(=O)NCC(=O)N[C@@H](CO)C(=O)N[C@@H](CCCCN)C(=O)N[C@@H](CCC(=O)O)C(=O)N[C@@H](CC(=O)O)C(=O)O)C(C)C. The zero-order valence-electron chi connectivity index (χ0n) is 53.4. The van der Waals surface area contributed by atoms with Gasteiger partial charge < -0.3 is 100 Å². The van der Waals surface area contributed by atoms with Crippen LogP contribution in [-0.4, -0.2) is 212 Å². The first-order chi connectivity index (χ1) is 44.8. The Morgan fingerprint density at radius 2 is 0.958 bits per heavy atom. The summed E-state index contributed by atoms with van der Waals surface area (Å²) < 4.78 is 0. The van der Waals surface area contributed by atoms with Gasteiger partial charge in [0.2, 0.25) is 65.0 Å². The van der Waals surface area contributed by atoms with Crippen LogP contribution in [0.5, 0.6) is 5.75 Å². The van der Waals surface area contributed by atoms with Crippen LogP contribution in [0.25, 0.3) is 0 Å². The number of benzene rings is 2. The highest BCUT2D eigenvalue weighted by atomic mass is 16.4. The van der Waals surface area contributed by atoms with E-state index in [0.29, 0.717) is 30.5 Å². The molecule has 0 aromatic heterocycles. The smallest absolute Gasteiger partial charge is 0.326 e. The van der Waals surface area contributed by atoms with Gasteiger partial charge in [0.25, 0.3) is 0 Å². The zero-order chi connectivity index (χ0) is 71.1. The van der Waals surface area contributed by atoms with Crippen molar-refractivity contribution in [1.29, 1.82) is 0 Å². The molecule has 1 heterocycles. The molecule has 34 heteroatoms. The fourth-order valence-corrected chi connectivity index (χ4v) is 9.58. The molecule has 0 unspecified atom stereocenters. The van der Waals surface area contributed by atoms with Crippen molar-refractivity contribution in [1.82, 2.24) is 63.8 Å². The van der Waals surface area contributed by atoms with Gasteiger partial charge in [-0.2, -0.15) is 0 Å². The molecule has 3 rings (SSSR count). The van der Waals surface area contributed by atoms with Crippen LogP contribution < -0.4 is 69.5 Å². The Hall–Kier alpha value is -9.83. The lowest BCUT2D eigenvalue weighted by Gasteiger charge is -2.29. The summed E-state index contributed by atoms with van der Waals surface area (Å²) in [6.07, 6.45) is -2.68. The second-order valence-corrected chi connectivity index (χ2v) is 23.4. The van der Waals surface area contributed by atoms with E-state index in [4.69, 9.17) is 10.8 Å². The first kappa shape index (κ1) is 79.4. The predicted octanol–water partition coefficient (Wildman–Crippen LogP) is -4.36. The number of aliphatic carboxylic acids is 4. The van der Waals surface area contributed by atoms with Gasteiger partial charge in [0.1, 0.15) is 66.2 Å². The molecule has 0 radical (unpaired) electrons. The molecule has 0 saturated carbocycles. The maximum atomic E-state index is 14.5. The number of nitrogens with one attached hydrogen (secondary N) is 12. The number of nitrogens with two attached hydrogens (primary N) is 1. The number of unbranched alkanes of at least 4 members (excludes halogenated alkanes) is 1. The second kappa shape index (κ2) is 40.3. The molecular weight excluding hydrogens is 1250 g/mol. The third kappa shape index (κ3) is 28.5. The van der Waals surface area contributed by atoms with Crippen molar-refractivity contribution < 1.29 is 103 Å². The predicted molar refractivity (Wildman–Crippen MR) is 334 cm³/mol. The summed E-state index contributed by atoms with van der Waals surface area (Å²) in [6, 6.07) is -2.75. The number of carboxylic acid groups (broad SMARTS) is 4. The third-order valence-electron chi connectivity index (χ3n) is 14.9. The van der Waals surface area contributed by atoms with Crippen LogP contribution in [0.15, 0.2) is 54.6 Å². The average molecular weight is 1340 g/mol. The molecule has 1 saturated heterocycles. The van der Waals surface area contributed by atoms with Crippen LogP contribution in [0, 0.1) is 11.8 Å². The maximum absolute atomic E-state index is 14.5. The van der Waals surface area contributed by atoms with Crippen molar-refractivity contribution in [2.24, 2.45) is 17.6 Å². The number of amides is 11. The molecule has 11 atom stereocenters. The maximum Gasteiger partial charge on any atom is 0.326 e. The summed E-state index contributed by atoms with van der Waals surface area (Å²) in [5.41, 5.74) is 6.42. The van der Waals surface area contributed by atoms with E-state index in [9.17, 15) is 97.5 Å². The number of phenolic OH excluding ortho intramolecular Hbond substituents is 1. The Labute approximate surface area is 546 Å². The number of rotatable bonds is 42. The quantitative estimate of drug-likeness (QED) is 0.0279. The van der Waals surface area contributed by atoms with E-state index in [1.54, 1.807) is 58.0 Å². The van der Waals surface area contributed by atoms with E-state index in [0.717, 1.165) is 6.42 Å². The highest BCUT2D eigenvalue weighted by molar-refractivity contribution is 5.99. The molecule has 20 N–H and O–H groups in total. The summed E-state index contributed by atoms with van der Waals surface area (Å²) in [5, 5.41) is 87.3. The third-order valence-corrected chi connectivity index (χ3v) is 14.9. The first-order valence-corrected chi connectivity index (χ1v) is 30.9. The Morgan fingerprint density at radius 3 is 1.44 bits per heavy atom. The van der Waals surface area contributed by atoms with Gasteiger partial charge in [-0.25, -0.2) is 4.79 Å². The van der Waals surface area contributed by atoms with Gasteiger partial charge in [-0.05, 0) is 100 Å². The summed E-state index contributed by atoms with van der Waals surface area (Å²) in [7, 11) is 0. The van der Waals surface area contributed by atoms with E-state index < -0.39 is 207 Å². The molecule has 11 amide bonds. The number of phenols is 1. The highest BCUT2D eigenvalue weighted by Gasteiger charge is 2.37. The number of carbonyl (C=O) groups is 15. The zero-order valence-corrected chi connectivity index (χ0v) is 53.4. The van der Waals surface area contributed by atoms with Crippen LogP contribution >= 0.6 is 0 Å². The van der Waals surface area contributed by atoms with Gasteiger partial charge >= 0.3 is 23.9 Å². The fraction of sp³-hybridized carbons (Fsp3) is 0.557. The number of aliphatic hydroxyl groups excluding tert-OH is 1. The molecule has 1 aliphatic heterocycles. The normalized spacial score (nSPS) is 15.8. The van der Waals surface area contributed by atoms with Gasteiger partial charge in [-0.1, -0.05) is 70.2 Å². The Morgan fingerprint density at radius 1 is 0.495 bits per heavy atom. The van der Waals surface area contributed by atoms with Crippen LogP contribution in [0.1, 0.15) is 110 Å². The minimum absolute atomic E-state index is 0.120. The van der Waals surface area contributed by atoms with Gasteiger partial charge in [-0.3, -0.25) is 67.1 Å². The minimum Gasteiger partial charge on any atom is -0.508 e. The van der Waals surface area contributed by atoms with E-state index in [-0.39, 0.29) is 43.9 Å². The lowest BCUT2D eigenvalue weighted by molar-refractivity contribution is -0.147. The molecule has 0 aliphatic carbocycles. The Kier molecular flexibility index (Phi) is 33.7. The van der Waals surface area contributed by atoms with Crippen molar-refractivity contribution in [3.05, 3.63) is 65.7 Å². The average Bonchev–Trinajstić information content (AvgIpc) is 1.19. The second-order valence-electron chi connectivity index (χ2n) is 23.4. The molecule has 2 aromatic carbocycles. The molecular formula is C61H89N13O21. The van der Waals surface area contributed by atoms with Gasteiger partial charge in [-0.15, -0.1) is 0 Å². The molecule has 95 heavy (non-hydrogen) atoms. The van der Waals surface area contributed by atoms with Crippen LogP contribution in [-0.2, 0) is 84.8 Å². The largest absolute Gasteiger partial charge is 0.508 e. The number of aromatic hydroxyl groups is 1. The lowest BCUT2D eigenvalue weighted by atomic mass is 9.99. The number of hydrogen-bond acceptors (Lipinski definition) is 19. The highest BCUT2D eigenvalue weighted by Crippen LogP contribution is 2.15. The lowest BCUT2D eigenvalue weighted by Crippen LogP contribution is -2.61. The van der Waals surface area contributed by atoms with Crippen molar-refractivity contribution in [2.75, 3.05) is 26.2 Å². The number of hydrogen-bond donors (Lipinski definition) is 19. The van der Waals surface area contributed by atoms with Gasteiger partial charge in [0.15, 0.2) is 0 Å². The van der Waals surface area contributed by atoms with Gasteiger partial charge in [0.05, 0.1) is 25.6 Å². The summed E-state index contributed by atoms with van der Waals surface area (Å²) >= 11 is 0. The molecule has 2 aromatic rings. The van der Waals surface area contributed by atoms with Crippen molar-refractivity contribution in [3.8, 4) is 5.75 Å². The monoisotopic (exact) mass is 1340 g/mol. The summed E-state index contributed by atoms with van der Waals surface area (Å²) in [6.45, 7) is 6.66. The van der Waals surface area contributed by atoms with E-state index in [1.807, 2.05) is 5.32 Å². The standard InChI is InChI=1S/C61H89N13O21/c1-31(2)49(74-60(93)50(32(3)4)73-53(86)37-15-11-25-63-37)59(92)65-33(5)51(84)67-39(20-22-46(78)79)55(88)71-42(26-34-12-7-6-8-13-34)57(90)70-41(27-35-16-18-36(76)19-17-35)52(85)64-29-45(77)66-44(30-75)58(91)68-38(14-9-10-24-62)54(87)69-40(21-23-47(80)81)56(89)72-43(61(94)95)28-48(82)83/h6-8,12-13,16-19,31-33,37-44,49-50,63,75-76H,9-11,14-15,20-30,62H2,1-5H3,(H,64,85)(H,65,92)(H,66,77)(H,67,84)(H,68,91)(H,69,87)(H,70,90)(H,71,88)(H,72,89)(H,73,86)(H,74,93)(H,78,79)(H,80,81)(H,82,83)(H,94,95)/t33-,37-,38-,39-,40-,41-,42-,43-,44-,49-,50-/m0/s1. The Bertz CT molecular complexity index is 3000. The topological polar surface area (TPSA) is 548 Å². The molecule has 0 spiro atoms. The fourth-order valence-electron chi connectivity index (χ4n) is 9.58. The first-order valence-electron chi connectivity index (χ1n) is 30.9. The molecule has 0 bridgehead atoms. The number of aliphatic hydroxyl groups is 1. The molecule has 34 nitrogen and oxygen atoms in total. The number of carbonyl (C=O) groups excluding carboxylic acids is 11. The van der Waals surface area contributed by atoms with Crippen molar-refractivity contribution >= 4 is 88.9 Å². The van der Waals surface area contributed by atoms with Crippen LogP contribution in [0.3, 0.4) is 0 Å². The summed E-state index contributed by atoms with van der Waals surface area (Å²) in [5.74, 6) is -18.0. The number of carboxylic acids is 4.